The first-order valence-corrected chi connectivity index (χ1v) is 5.72. The topological polar surface area (TPSA) is 26.1 Å². The summed E-state index contributed by atoms with van der Waals surface area (Å²) in [4.78, 5) is 0. The zero-order valence-electron chi connectivity index (χ0n) is 10.8. The minimum Gasteiger partial charge on any atom is -0.623 e. The third kappa shape index (κ3) is 3.37. The van der Waals surface area contributed by atoms with Crippen LogP contribution in [0.2, 0.25) is 0 Å². The standard InChI is InChI=1S/C14H21NO/c1-11(2)13-8-6-12(7-9-13)10-15(16)14(3,4)5/h6-11H,1-5H3. The molecule has 1 rings (SSSR count). The number of hydroxylamine groups is 1. The average Bonchev–Trinajstić information content (AvgIpc) is 2.17. The summed E-state index contributed by atoms with van der Waals surface area (Å²) in [7, 11) is 0. The fourth-order valence-electron chi connectivity index (χ4n) is 1.30. The zero-order chi connectivity index (χ0) is 12.3. The number of nitrogens with zero attached hydrogens (tertiary/aromatic N) is 1. The smallest absolute Gasteiger partial charge is 0.182 e. The van der Waals surface area contributed by atoms with Crippen LogP contribution < -0.4 is 0 Å². The predicted octanol–water partition coefficient (Wildman–Crippen LogP) is 3.54. The van der Waals surface area contributed by atoms with Crippen molar-refractivity contribution < 1.29 is 4.74 Å². The molecule has 0 saturated carbocycles. The molecule has 0 fully saturated rings. The lowest BCUT2D eigenvalue weighted by atomic mass is 10.0. The zero-order valence-corrected chi connectivity index (χ0v) is 10.8. The van der Waals surface area contributed by atoms with E-state index in [0.717, 1.165) is 10.3 Å². The highest BCUT2D eigenvalue weighted by atomic mass is 16.5. The summed E-state index contributed by atoms with van der Waals surface area (Å²) >= 11 is 0. The van der Waals surface area contributed by atoms with Gasteiger partial charge in [-0.2, -0.15) is 0 Å². The SMILES string of the molecule is CC(C)c1ccc(C=[N+]([O-])C(C)(C)C)cc1. The molecule has 0 aromatic heterocycles. The Bertz CT molecular complexity index is 369. The largest absolute Gasteiger partial charge is 0.623 e. The lowest BCUT2D eigenvalue weighted by molar-refractivity contribution is -0.530. The van der Waals surface area contributed by atoms with Crippen molar-refractivity contribution in [2.45, 2.75) is 46.1 Å². The third-order valence-corrected chi connectivity index (χ3v) is 2.53. The molecule has 1 aromatic carbocycles. The van der Waals surface area contributed by atoms with Crippen molar-refractivity contribution >= 4 is 6.21 Å². The summed E-state index contributed by atoms with van der Waals surface area (Å²) in [6.07, 6.45) is 1.64. The monoisotopic (exact) mass is 219 g/mol. The molecule has 0 aliphatic carbocycles. The van der Waals surface area contributed by atoms with Gasteiger partial charge in [0.1, 0.15) is 0 Å². The molecule has 0 atom stereocenters. The Balaban J connectivity index is 2.92. The van der Waals surface area contributed by atoms with Crippen LogP contribution in [0, 0.1) is 5.21 Å². The minimum atomic E-state index is -0.378. The molecule has 0 unspecified atom stereocenters. The third-order valence-electron chi connectivity index (χ3n) is 2.53. The molecule has 2 nitrogen and oxygen atoms in total. The lowest BCUT2D eigenvalue weighted by Gasteiger charge is -2.18. The van der Waals surface area contributed by atoms with E-state index in [4.69, 9.17) is 0 Å². The van der Waals surface area contributed by atoms with Gasteiger partial charge in [0.25, 0.3) is 0 Å². The second-order valence-corrected chi connectivity index (χ2v) is 5.45. The molecule has 0 bridgehead atoms. The average molecular weight is 219 g/mol. The first-order valence-electron chi connectivity index (χ1n) is 5.72. The predicted molar refractivity (Wildman–Crippen MR) is 69.1 cm³/mol. The van der Waals surface area contributed by atoms with Crippen LogP contribution in [-0.4, -0.2) is 16.5 Å². The van der Waals surface area contributed by atoms with E-state index in [-0.39, 0.29) is 5.54 Å². The number of rotatable bonds is 2. The molecule has 88 valence electrons. The summed E-state index contributed by atoms with van der Waals surface area (Å²) in [5, 5.41) is 11.7. The highest BCUT2D eigenvalue weighted by Crippen LogP contribution is 2.14. The molecule has 0 aliphatic heterocycles. The number of benzene rings is 1. The van der Waals surface area contributed by atoms with Crippen LogP contribution >= 0.6 is 0 Å². The van der Waals surface area contributed by atoms with Crippen LogP contribution in [0.5, 0.6) is 0 Å². The van der Waals surface area contributed by atoms with Gasteiger partial charge in [-0.25, -0.2) is 4.74 Å². The summed E-state index contributed by atoms with van der Waals surface area (Å²) in [6.45, 7) is 10.0. The second-order valence-electron chi connectivity index (χ2n) is 5.45. The van der Waals surface area contributed by atoms with E-state index >= 15 is 0 Å². The number of hydrogen-bond acceptors (Lipinski definition) is 1. The van der Waals surface area contributed by atoms with Gasteiger partial charge in [0, 0.05) is 26.3 Å². The molecule has 0 N–H and O–H groups in total. The van der Waals surface area contributed by atoms with E-state index in [1.807, 2.05) is 32.9 Å². The van der Waals surface area contributed by atoms with Crippen molar-refractivity contribution in [1.29, 1.82) is 0 Å². The van der Waals surface area contributed by atoms with Crippen LogP contribution in [0.4, 0.5) is 0 Å². The van der Waals surface area contributed by atoms with Crippen LogP contribution in [0.3, 0.4) is 0 Å². The molecule has 0 radical (unpaired) electrons. The van der Waals surface area contributed by atoms with Gasteiger partial charge < -0.3 is 5.21 Å². The normalized spacial score (nSPS) is 13.2. The van der Waals surface area contributed by atoms with Gasteiger partial charge in [-0.1, -0.05) is 26.0 Å². The van der Waals surface area contributed by atoms with Crippen LogP contribution in [0.15, 0.2) is 24.3 Å². The fourth-order valence-corrected chi connectivity index (χ4v) is 1.30. The van der Waals surface area contributed by atoms with E-state index in [1.165, 1.54) is 5.56 Å². The molecular weight excluding hydrogens is 198 g/mol. The van der Waals surface area contributed by atoms with Crippen molar-refractivity contribution in [2.75, 3.05) is 0 Å². The van der Waals surface area contributed by atoms with Gasteiger partial charge in [0.15, 0.2) is 11.8 Å². The summed E-state index contributed by atoms with van der Waals surface area (Å²) < 4.78 is 0.997. The number of hydrogen-bond donors (Lipinski definition) is 0. The summed E-state index contributed by atoms with van der Waals surface area (Å²) in [5.41, 5.74) is 1.87. The van der Waals surface area contributed by atoms with Gasteiger partial charge in [-0.05, 0) is 23.6 Å². The van der Waals surface area contributed by atoms with E-state index in [0.29, 0.717) is 5.92 Å². The van der Waals surface area contributed by atoms with Gasteiger partial charge in [0.05, 0.1) is 0 Å². The lowest BCUT2D eigenvalue weighted by Crippen LogP contribution is -2.29. The van der Waals surface area contributed by atoms with Crippen LogP contribution in [0.1, 0.15) is 51.7 Å². The molecule has 2 heteroatoms. The molecule has 0 heterocycles. The van der Waals surface area contributed by atoms with Gasteiger partial charge in [0.2, 0.25) is 0 Å². The Morgan fingerprint density at radius 3 is 2.00 bits per heavy atom. The highest BCUT2D eigenvalue weighted by Gasteiger charge is 2.17. The van der Waals surface area contributed by atoms with Gasteiger partial charge in [-0.3, -0.25) is 0 Å². The Morgan fingerprint density at radius 2 is 1.62 bits per heavy atom. The summed E-state index contributed by atoms with van der Waals surface area (Å²) in [6, 6.07) is 8.14. The Labute approximate surface area is 98.2 Å². The molecule has 16 heavy (non-hydrogen) atoms. The van der Waals surface area contributed by atoms with Crippen molar-refractivity contribution in [1.82, 2.24) is 0 Å². The van der Waals surface area contributed by atoms with Crippen LogP contribution in [-0.2, 0) is 0 Å². The molecule has 0 spiro atoms. The summed E-state index contributed by atoms with van der Waals surface area (Å²) in [5.74, 6) is 0.528. The highest BCUT2D eigenvalue weighted by molar-refractivity contribution is 5.75. The van der Waals surface area contributed by atoms with Crippen molar-refractivity contribution in [2.24, 2.45) is 0 Å². The van der Waals surface area contributed by atoms with Gasteiger partial charge >= 0.3 is 0 Å². The first-order chi connectivity index (χ1) is 7.30. The van der Waals surface area contributed by atoms with E-state index < -0.39 is 0 Å². The maximum atomic E-state index is 11.7. The van der Waals surface area contributed by atoms with Crippen LogP contribution in [0.25, 0.3) is 0 Å². The van der Waals surface area contributed by atoms with Crippen molar-refractivity contribution in [3.63, 3.8) is 0 Å². The molecule has 0 saturated heterocycles. The Hall–Kier alpha value is -1.31. The van der Waals surface area contributed by atoms with E-state index in [1.54, 1.807) is 6.21 Å². The van der Waals surface area contributed by atoms with E-state index in [9.17, 15) is 5.21 Å². The molecule has 1 aromatic rings. The van der Waals surface area contributed by atoms with Gasteiger partial charge in [-0.15, -0.1) is 0 Å². The molecule has 0 amide bonds. The first kappa shape index (κ1) is 12.8. The molecule has 0 aliphatic rings. The maximum Gasteiger partial charge on any atom is 0.182 e. The molecular formula is C14H21NO. The second kappa shape index (κ2) is 4.69. The Morgan fingerprint density at radius 1 is 1.12 bits per heavy atom. The fraction of sp³-hybridized carbons (Fsp3) is 0.500. The van der Waals surface area contributed by atoms with Crippen molar-refractivity contribution in [3.8, 4) is 0 Å². The van der Waals surface area contributed by atoms with Crippen molar-refractivity contribution in [3.05, 3.63) is 40.6 Å². The Kier molecular flexibility index (Phi) is 3.74. The minimum absolute atomic E-state index is 0.378. The quantitative estimate of drug-likeness (QED) is 0.323. The maximum absolute atomic E-state index is 11.7. The van der Waals surface area contributed by atoms with E-state index in [2.05, 4.69) is 26.0 Å².